The summed E-state index contributed by atoms with van der Waals surface area (Å²) < 4.78 is 0.911. The summed E-state index contributed by atoms with van der Waals surface area (Å²) in [5.74, 6) is -0.115. The standard InChI is InChI=1S/C31H28N4O2S/c36-29(23-14-16-35(17-15-23)20-21-6-2-1-3-7-21)32-26-12-13-27-28(19-26)38-31(33-27)34-30(37)25-11-10-22-8-4-5-9-24(22)18-25/h1-13,18-19,23H,14-17,20H2,(H,32,36)(H,33,34,37). The number of aromatic nitrogens is 1. The Hall–Kier alpha value is -4.07. The molecule has 0 radical (unpaired) electrons. The third-order valence-corrected chi connectivity index (χ3v) is 8.03. The van der Waals surface area contributed by atoms with Crippen LogP contribution in [0.15, 0.2) is 91.0 Å². The Labute approximate surface area is 225 Å². The van der Waals surface area contributed by atoms with Crippen LogP contribution in [-0.4, -0.2) is 34.8 Å². The zero-order valence-electron chi connectivity index (χ0n) is 20.9. The van der Waals surface area contributed by atoms with Gasteiger partial charge in [0, 0.05) is 23.7 Å². The number of carbonyl (C=O) groups excluding carboxylic acids is 2. The topological polar surface area (TPSA) is 74.3 Å². The van der Waals surface area contributed by atoms with Crippen LogP contribution < -0.4 is 10.6 Å². The van der Waals surface area contributed by atoms with Gasteiger partial charge in [0.05, 0.1) is 10.2 Å². The van der Waals surface area contributed by atoms with Crippen molar-refractivity contribution < 1.29 is 9.59 Å². The smallest absolute Gasteiger partial charge is 0.257 e. The maximum Gasteiger partial charge on any atom is 0.257 e. The number of nitrogens with zero attached hydrogens (tertiary/aromatic N) is 2. The molecule has 6 rings (SSSR count). The fourth-order valence-corrected chi connectivity index (χ4v) is 5.90. The average molecular weight is 521 g/mol. The zero-order valence-corrected chi connectivity index (χ0v) is 21.7. The van der Waals surface area contributed by atoms with Crippen molar-refractivity contribution in [3.63, 3.8) is 0 Å². The molecule has 0 spiro atoms. The van der Waals surface area contributed by atoms with Gasteiger partial charge < -0.3 is 5.32 Å². The van der Waals surface area contributed by atoms with Crippen molar-refractivity contribution in [1.82, 2.24) is 9.88 Å². The van der Waals surface area contributed by atoms with Gasteiger partial charge in [0.15, 0.2) is 5.13 Å². The van der Waals surface area contributed by atoms with Crippen LogP contribution in [0.25, 0.3) is 21.0 Å². The Morgan fingerprint density at radius 3 is 2.42 bits per heavy atom. The molecule has 1 aliphatic rings. The summed E-state index contributed by atoms with van der Waals surface area (Å²) in [5.41, 5.74) is 3.44. The van der Waals surface area contributed by atoms with E-state index in [2.05, 4.69) is 44.8 Å². The van der Waals surface area contributed by atoms with E-state index < -0.39 is 0 Å². The molecule has 4 aromatic carbocycles. The lowest BCUT2D eigenvalue weighted by molar-refractivity contribution is -0.121. The van der Waals surface area contributed by atoms with E-state index in [0.717, 1.165) is 59.2 Å². The largest absolute Gasteiger partial charge is 0.326 e. The molecule has 190 valence electrons. The number of carbonyl (C=O) groups is 2. The summed E-state index contributed by atoms with van der Waals surface area (Å²) in [6.07, 6.45) is 1.71. The molecule has 0 aliphatic carbocycles. The van der Waals surface area contributed by atoms with Crippen molar-refractivity contribution in [3.8, 4) is 0 Å². The molecule has 0 unspecified atom stereocenters. The van der Waals surface area contributed by atoms with E-state index >= 15 is 0 Å². The van der Waals surface area contributed by atoms with E-state index in [4.69, 9.17) is 0 Å². The molecule has 7 heteroatoms. The number of benzene rings is 4. The first-order valence-corrected chi connectivity index (χ1v) is 13.7. The highest BCUT2D eigenvalue weighted by atomic mass is 32.1. The van der Waals surface area contributed by atoms with Gasteiger partial charge in [-0.3, -0.25) is 19.8 Å². The number of fused-ring (bicyclic) bond motifs is 2. The second-order valence-corrected chi connectivity index (χ2v) is 10.8. The number of likely N-dealkylation sites (tertiary alicyclic amines) is 1. The Bertz CT molecular complexity index is 1610. The zero-order chi connectivity index (χ0) is 25.9. The molecule has 0 bridgehead atoms. The number of piperidine rings is 1. The summed E-state index contributed by atoms with van der Waals surface area (Å²) in [6, 6.07) is 29.8. The van der Waals surface area contributed by atoms with Crippen molar-refractivity contribution in [2.45, 2.75) is 19.4 Å². The van der Waals surface area contributed by atoms with Gasteiger partial charge in [-0.2, -0.15) is 0 Å². The molecule has 38 heavy (non-hydrogen) atoms. The Morgan fingerprint density at radius 1 is 0.842 bits per heavy atom. The van der Waals surface area contributed by atoms with Gasteiger partial charge in [0.25, 0.3) is 5.91 Å². The number of rotatable bonds is 6. The molecule has 0 saturated carbocycles. The maximum absolute atomic E-state index is 13.0. The monoisotopic (exact) mass is 520 g/mol. The summed E-state index contributed by atoms with van der Waals surface area (Å²) in [7, 11) is 0. The molecule has 2 amide bonds. The second kappa shape index (κ2) is 10.7. The Balaban J connectivity index is 1.07. The van der Waals surface area contributed by atoms with E-state index in [1.807, 2.05) is 66.7 Å². The van der Waals surface area contributed by atoms with Crippen LogP contribution in [0.3, 0.4) is 0 Å². The van der Waals surface area contributed by atoms with Gasteiger partial charge >= 0.3 is 0 Å². The third kappa shape index (κ3) is 5.44. The van der Waals surface area contributed by atoms with Gasteiger partial charge in [0.1, 0.15) is 0 Å². The Kier molecular flexibility index (Phi) is 6.86. The van der Waals surface area contributed by atoms with E-state index in [1.54, 1.807) is 0 Å². The number of hydrogen-bond donors (Lipinski definition) is 2. The first-order valence-electron chi connectivity index (χ1n) is 12.9. The van der Waals surface area contributed by atoms with Crippen LogP contribution in [0, 0.1) is 5.92 Å². The number of anilines is 2. The lowest BCUT2D eigenvalue weighted by Gasteiger charge is -2.31. The van der Waals surface area contributed by atoms with Gasteiger partial charge in [-0.15, -0.1) is 0 Å². The summed E-state index contributed by atoms with van der Waals surface area (Å²) >= 11 is 1.40. The molecular formula is C31H28N4O2S. The van der Waals surface area contributed by atoms with Crippen LogP contribution in [0.1, 0.15) is 28.8 Å². The predicted molar refractivity (Wildman–Crippen MR) is 155 cm³/mol. The van der Waals surface area contributed by atoms with Gasteiger partial charge in [0.2, 0.25) is 5.91 Å². The summed E-state index contributed by atoms with van der Waals surface area (Å²) in [5, 5.41) is 8.67. The molecule has 1 aliphatic heterocycles. The first kappa shape index (κ1) is 24.3. The highest BCUT2D eigenvalue weighted by Crippen LogP contribution is 2.30. The minimum atomic E-state index is -0.193. The fourth-order valence-electron chi connectivity index (χ4n) is 4.99. The fraction of sp³-hybridized carbons (Fsp3) is 0.194. The van der Waals surface area contributed by atoms with Gasteiger partial charge in [-0.05, 0) is 72.6 Å². The SMILES string of the molecule is O=C(Nc1nc2ccc(NC(=O)C3CCN(Cc4ccccc4)CC3)cc2s1)c1ccc2ccccc2c1. The summed E-state index contributed by atoms with van der Waals surface area (Å²) in [6.45, 7) is 2.76. The molecule has 1 fully saturated rings. The molecule has 2 heterocycles. The highest BCUT2D eigenvalue weighted by molar-refractivity contribution is 7.22. The summed E-state index contributed by atoms with van der Waals surface area (Å²) in [4.78, 5) is 32.8. The molecule has 6 nitrogen and oxygen atoms in total. The van der Waals surface area contributed by atoms with Crippen LogP contribution in [0.5, 0.6) is 0 Å². The van der Waals surface area contributed by atoms with Crippen LogP contribution in [-0.2, 0) is 11.3 Å². The molecule has 1 saturated heterocycles. The maximum atomic E-state index is 13.0. The molecule has 2 N–H and O–H groups in total. The molecule has 5 aromatic rings. The lowest BCUT2D eigenvalue weighted by atomic mass is 9.95. The van der Waals surface area contributed by atoms with Crippen LogP contribution in [0.2, 0.25) is 0 Å². The van der Waals surface area contributed by atoms with Crippen LogP contribution in [0.4, 0.5) is 10.8 Å². The average Bonchev–Trinajstić information content (AvgIpc) is 3.35. The van der Waals surface area contributed by atoms with Gasteiger partial charge in [-0.1, -0.05) is 72.0 Å². The Morgan fingerprint density at radius 2 is 1.61 bits per heavy atom. The number of amides is 2. The number of hydrogen-bond acceptors (Lipinski definition) is 5. The number of thiazole rings is 1. The first-order chi connectivity index (χ1) is 18.6. The highest BCUT2D eigenvalue weighted by Gasteiger charge is 2.25. The quantitative estimate of drug-likeness (QED) is 0.266. The second-order valence-electron chi connectivity index (χ2n) is 9.74. The third-order valence-electron chi connectivity index (χ3n) is 7.10. The molecule has 0 atom stereocenters. The normalized spacial score (nSPS) is 14.5. The van der Waals surface area contributed by atoms with Crippen LogP contribution >= 0.6 is 11.3 Å². The predicted octanol–water partition coefficient (Wildman–Crippen LogP) is 6.55. The van der Waals surface area contributed by atoms with E-state index in [-0.39, 0.29) is 17.7 Å². The number of nitrogens with one attached hydrogen (secondary N) is 2. The van der Waals surface area contributed by atoms with Gasteiger partial charge in [-0.25, -0.2) is 4.98 Å². The van der Waals surface area contributed by atoms with E-state index in [1.165, 1.54) is 16.9 Å². The minimum Gasteiger partial charge on any atom is -0.326 e. The van der Waals surface area contributed by atoms with Crippen molar-refractivity contribution >= 4 is 55.0 Å². The van der Waals surface area contributed by atoms with Crippen molar-refractivity contribution in [2.75, 3.05) is 23.7 Å². The lowest BCUT2D eigenvalue weighted by Crippen LogP contribution is -2.37. The van der Waals surface area contributed by atoms with Crippen molar-refractivity contribution in [3.05, 3.63) is 102 Å². The minimum absolute atomic E-state index is 0.0102. The molecule has 1 aromatic heterocycles. The van der Waals surface area contributed by atoms with Crippen molar-refractivity contribution in [1.29, 1.82) is 0 Å². The van der Waals surface area contributed by atoms with E-state index in [9.17, 15) is 9.59 Å². The molecular weight excluding hydrogens is 492 g/mol. The van der Waals surface area contributed by atoms with Crippen molar-refractivity contribution in [2.24, 2.45) is 5.92 Å². The van der Waals surface area contributed by atoms with E-state index in [0.29, 0.717) is 10.7 Å².